The Balaban J connectivity index is 1.94. The van der Waals surface area contributed by atoms with Gasteiger partial charge >= 0.3 is 0 Å². The minimum absolute atomic E-state index is 0.108. The number of nitrogens with one attached hydrogen (secondary N) is 2. The molecule has 1 fully saturated rings. The Labute approximate surface area is 132 Å². The highest BCUT2D eigenvalue weighted by atomic mass is 32.2. The first-order chi connectivity index (χ1) is 10.0. The molecule has 1 aliphatic rings. The van der Waals surface area contributed by atoms with Crippen LogP contribution >= 0.6 is 11.3 Å². The molecular weight excluding hydrogens is 304 g/mol. The molecule has 0 radical (unpaired) electrons. The van der Waals surface area contributed by atoms with E-state index in [-0.39, 0.29) is 6.04 Å². The summed E-state index contributed by atoms with van der Waals surface area (Å²) in [6, 6.07) is 1.89. The highest BCUT2D eigenvalue weighted by molar-refractivity contribution is 7.91. The molecular formula is C15H26N2O2S2. The van der Waals surface area contributed by atoms with E-state index in [9.17, 15) is 8.42 Å². The van der Waals surface area contributed by atoms with Crippen molar-refractivity contribution in [3.8, 4) is 0 Å². The molecule has 21 heavy (non-hydrogen) atoms. The molecule has 6 heteroatoms. The van der Waals surface area contributed by atoms with Crippen molar-refractivity contribution >= 4 is 21.4 Å². The van der Waals surface area contributed by atoms with Crippen LogP contribution in [0.3, 0.4) is 0 Å². The highest BCUT2D eigenvalue weighted by Gasteiger charge is 2.25. The summed E-state index contributed by atoms with van der Waals surface area (Å²) in [7, 11) is -3.35. The maximum Gasteiger partial charge on any atom is 0.250 e. The molecule has 0 spiro atoms. The van der Waals surface area contributed by atoms with Crippen molar-refractivity contribution < 1.29 is 8.42 Å². The summed E-state index contributed by atoms with van der Waals surface area (Å²) >= 11 is 1.31. The lowest BCUT2D eigenvalue weighted by Crippen LogP contribution is -2.37. The van der Waals surface area contributed by atoms with E-state index in [4.69, 9.17) is 0 Å². The third-order valence-electron chi connectivity index (χ3n) is 4.22. The number of rotatable bonds is 7. The Morgan fingerprint density at radius 1 is 1.24 bits per heavy atom. The molecule has 0 aromatic carbocycles. The summed E-state index contributed by atoms with van der Waals surface area (Å²) in [6.07, 6.45) is 5.42. The third kappa shape index (κ3) is 4.77. The van der Waals surface area contributed by atoms with E-state index in [0.29, 0.717) is 4.21 Å². The van der Waals surface area contributed by atoms with Gasteiger partial charge in [-0.1, -0.05) is 20.3 Å². The zero-order valence-electron chi connectivity index (χ0n) is 12.9. The number of sulfonamides is 1. The SMILES string of the molecule is CCNCc1csc(S(=O)(=O)NC2CCC(CC)CC2)c1. The van der Waals surface area contributed by atoms with E-state index in [0.717, 1.165) is 50.3 Å². The Morgan fingerprint density at radius 2 is 1.95 bits per heavy atom. The molecule has 0 atom stereocenters. The molecule has 4 nitrogen and oxygen atoms in total. The second kappa shape index (κ2) is 7.72. The van der Waals surface area contributed by atoms with E-state index < -0.39 is 10.0 Å². The predicted molar refractivity (Wildman–Crippen MR) is 88.1 cm³/mol. The van der Waals surface area contributed by atoms with Crippen molar-refractivity contribution in [2.24, 2.45) is 5.92 Å². The molecule has 0 unspecified atom stereocenters. The van der Waals surface area contributed by atoms with Crippen molar-refractivity contribution in [2.75, 3.05) is 6.54 Å². The molecule has 0 saturated heterocycles. The molecule has 2 N–H and O–H groups in total. The molecule has 1 saturated carbocycles. The van der Waals surface area contributed by atoms with Crippen LogP contribution in [0.2, 0.25) is 0 Å². The highest BCUT2D eigenvalue weighted by Crippen LogP contribution is 2.28. The average Bonchev–Trinajstić information content (AvgIpc) is 2.95. The average molecular weight is 331 g/mol. The van der Waals surface area contributed by atoms with Gasteiger partial charge in [-0.15, -0.1) is 11.3 Å². The third-order valence-corrected chi connectivity index (χ3v) is 7.23. The van der Waals surface area contributed by atoms with E-state index >= 15 is 0 Å². The predicted octanol–water partition coefficient (Wildman–Crippen LogP) is 3.10. The van der Waals surface area contributed by atoms with Crippen molar-refractivity contribution in [3.05, 3.63) is 17.0 Å². The van der Waals surface area contributed by atoms with E-state index in [2.05, 4.69) is 17.0 Å². The molecule has 1 heterocycles. The van der Waals surface area contributed by atoms with Crippen LogP contribution in [0.1, 0.15) is 51.5 Å². The van der Waals surface area contributed by atoms with Gasteiger partial charge in [0.1, 0.15) is 4.21 Å². The minimum Gasteiger partial charge on any atom is -0.313 e. The normalized spacial score (nSPS) is 23.3. The minimum atomic E-state index is -3.35. The number of hydrogen-bond donors (Lipinski definition) is 2. The Morgan fingerprint density at radius 3 is 2.57 bits per heavy atom. The molecule has 1 aromatic rings. The Hall–Kier alpha value is -0.430. The van der Waals surface area contributed by atoms with Gasteiger partial charge in [-0.2, -0.15) is 0 Å². The summed E-state index contributed by atoms with van der Waals surface area (Å²) in [5.74, 6) is 0.777. The summed E-state index contributed by atoms with van der Waals surface area (Å²) in [6.45, 7) is 5.87. The first-order valence-corrected chi connectivity index (χ1v) is 10.2. The maximum atomic E-state index is 12.4. The lowest BCUT2D eigenvalue weighted by Gasteiger charge is -2.27. The van der Waals surface area contributed by atoms with Crippen molar-refractivity contribution in [1.29, 1.82) is 0 Å². The van der Waals surface area contributed by atoms with Crippen LogP contribution in [0.15, 0.2) is 15.7 Å². The Kier molecular flexibility index (Phi) is 6.22. The van der Waals surface area contributed by atoms with Crippen LogP contribution < -0.4 is 10.0 Å². The molecule has 1 aliphatic carbocycles. The fourth-order valence-corrected chi connectivity index (χ4v) is 5.35. The van der Waals surface area contributed by atoms with Gasteiger partial charge in [0.2, 0.25) is 10.0 Å². The molecule has 0 bridgehead atoms. The van der Waals surface area contributed by atoms with Gasteiger partial charge < -0.3 is 5.32 Å². The second-order valence-electron chi connectivity index (χ2n) is 5.80. The largest absolute Gasteiger partial charge is 0.313 e. The number of hydrogen-bond acceptors (Lipinski definition) is 4. The van der Waals surface area contributed by atoms with Crippen LogP contribution in [0.4, 0.5) is 0 Å². The molecule has 2 rings (SSSR count). The van der Waals surface area contributed by atoms with Crippen molar-refractivity contribution in [3.63, 3.8) is 0 Å². The van der Waals surface area contributed by atoms with Crippen LogP contribution in [0.25, 0.3) is 0 Å². The van der Waals surface area contributed by atoms with Crippen LogP contribution in [0.5, 0.6) is 0 Å². The van der Waals surface area contributed by atoms with Crippen LogP contribution in [-0.4, -0.2) is 21.0 Å². The first-order valence-electron chi connectivity index (χ1n) is 7.85. The Bertz CT molecular complexity index is 532. The van der Waals surface area contributed by atoms with Crippen molar-refractivity contribution in [2.45, 2.75) is 62.7 Å². The summed E-state index contributed by atoms with van der Waals surface area (Å²) in [5.41, 5.74) is 1.04. The van der Waals surface area contributed by atoms with Gasteiger partial charge in [0.15, 0.2) is 0 Å². The maximum absolute atomic E-state index is 12.4. The quantitative estimate of drug-likeness (QED) is 0.807. The van der Waals surface area contributed by atoms with Gasteiger partial charge in [-0.25, -0.2) is 13.1 Å². The summed E-state index contributed by atoms with van der Waals surface area (Å²) in [5, 5.41) is 5.14. The lowest BCUT2D eigenvalue weighted by atomic mass is 9.85. The molecule has 120 valence electrons. The molecule has 1 aromatic heterocycles. The lowest BCUT2D eigenvalue weighted by molar-refractivity contribution is 0.306. The van der Waals surface area contributed by atoms with Gasteiger partial charge in [0, 0.05) is 12.6 Å². The fourth-order valence-electron chi connectivity index (χ4n) is 2.82. The van der Waals surface area contributed by atoms with Crippen LogP contribution in [0, 0.1) is 5.92 Å². The fraction of sp³-hybridized carbons (Fsp3) is 0.733. The van der Waals surface area contributed by atoms with Crippen LogP contribution in [-0.2, 0) is 16.6 Å². The van der Waals surface area contributed by atoms with Gasteiger partial charge in [0.25, 0.3) is 0 Å². The zero-order valence-corrected chi connectivity index (χ0v) is 14.5. The van der Waals surface area contributed by atoms with E-state index in [1.54, 1.807) is 6.07 Å². The molecule has 0 amide bonds. The smallest absolute Gasteiger partial charge is 0.250 e. The molecule has 0 aliphatic heterocycles. The van der Waals surface area contributed by atoms with Gasteiger partial charge in [-0.3, -0.25) is 0 Å². The zero-order chi connectivity index (χ0) is 15.3. The first kappa shape index (κ1) is 16.9. The topological polar surface area (TPSA) is 58.2 Å². The van der Waals surface area contributed by atoms with E-state index in [1.807, 2.05) is 12.3 Å². The summed E-state index contributed by atoms with van der Waals surface area (Å²) in [4.78, 5) is 0. The van der Waals surface area contributed by atoms with Gasteiger partial charge in [-0.05, 0) is 55.2 Å². The van der Waals surface area contributed by atoms with Gasteiger partial charge in [0.05, 0.1) is 0 Å². The number of thiophene rings is 1. The van der Waals surface area contributed by atoms with E-state index in [1.165, 1.54) is 17.8 Å². The van der Waals surface area contributed by atoms with Crippen molar-refractivity contribution in [1.82, 2.24) is 10.0 Å². The monoisotopic (exact) mass is 330 g/mol. The standard InChI is InChI=1S/C15H26N2O2S2/c1-3-12-5-7-14(8-6-12)17-21(18,19)15-9-13(11-20-15)10-16-4-2/h9,11-12,14,16-17H,3-8,10H2,1-2H3. The summed E-state index contributed by atoms with van der Waals surface area (Å²) < 4.78 is 28.2. The second-order valence-corrected chi connectivity index (χ2v) is 8.65.